The lowest BCUT2D eigenvalue weighted by molar-refractivity contribution is 0.109. The van der Waals surface area contributed by atoms with E-state index in [1.165, 1.54) is 0 Å². The molecule has 1 heterocycles. The summed E-state index contributed by atoms with van der Waals surface area (Å²) in [5.74, 6) is 0. The van der Waals surface area contributed by atoms with Crippen LogP contribution in [0.1, 0.15) is 17.2 Å². The van der Waals surface area contributed by atoms with Crippen LogP contribution in [0.3, 0.4) is 0 Å². The van der Waals surface area contributed by atoms with E-state index >= 15 is 0 Å². The molecule has 0 unspecified atom stereocenters. The maximum Gasteiger partial charge on any atom is 0.104 e. The third-order valence-corrected chi connectivity index (χ3v) is 2.27. The van der Waals surface area contributed by atoms with Crippen molar-refractivity contribution in [1.29, 1.82) is 0 Å². The molecule has 1 aliphatic rings. The number of fused-ring (bicyclic) bond motifs is 1. The second-order valence-electron chi connectivity index (χ2n) is 3.10. The van der Waals surface area contributed by atoms with Crippen LogP contribution in [0.15, 0.2) is 29.3 Å². The van der Waals surface area contributed by atoms with Gasteiger partial charge in [0, 0.05) is 6.21 Å². The van der Waals surface area contributed by atoms with Gasteiger partial charge >= 0.3 is 0 Å². The molecule has 3 heteroatoms. The summed E-state index contributed by atoms with van der Waals surface area (Å²) in [6.45, 7) is -0.119. The number of nitrogens with zero attached hydrogens (tertiary/aromatic N) is 1. The minimum absolute atomic E-state index is 0.119. The van der Waals surface area contributed by atoms with Crippen molar-refractivity contribution in [2.75, 3.05) is 6.61 Å². The van der Waals surface area contributed by atoms with E-state index in [1.54, 1.807) is 6.21 Å². The lowest BCUT2D eigenvalue weighted by Crippen LogP contribution is -2.25. The van der Waals surface area contributed by atoms with Gasteiger partial charge in [-0.3, -0.25) is 4.99 Å². The van der Waals surface area contributed by atoms with Crippen LogP contribution in [0.5, 0.6) is 0 Å². The summed E-state index contributed by atoms with van der Waals surface area (Å²) in [4.78, 5) is 4.05. The smallest absolute Gasteiger partial charge is 0.104 e. The van der Waals surface area contributed by atoms with E-state index in [4.69, 9.17) is 5.11 Å². The largest absolute Gasteiger partial charge is 0.394 e. The van der Waals surface area contributed by atoms with Crippen LogP contribution in [0, 0.1) is 0 Å². The highest BCUT2D eigenvalue weighted by Crippen LogP contribution is 2.25. The van der Waals surface area contributed by atoms with Gasteiger partial charge in [-0.15, -0.1) is 0 Å². The molecular weight excluding hydrogens is 166 g/mol. The highest BCUT2D eigenvalue weighted by molar-refractivity contribution is 5.83. The van der Waals surface area contributed by atoms with Gasteiger partial charge in [0.05, 0.1) is 6.61 Å². The summed E-state index contributed by atoms with van der Waals surface area (Å²) in [7, 11) is 0. The molecule has 2 rings (SSSR count). The first-order valence-electron chi connectivity index (χ1n) is 4.24. The fraction of sp³-hybridized carbons (Fsp3) is 0.300. The van der Waals surface area contributed by atoms with Gasteiger partial charge in [-0.1, -0.05) is 24.3 Å². The molecular formula is C10H11NO2. The van der Waals surface area contributed by atoms with Gasteiger partial charge in [0.25, 0.3) is 0 Å². The molecule has 0 saturated carbocycles. The fourth-order valence-electron chi connectivity index (χ4n) is 1.51. The van der Waals surface area contributed by atoms with Crippen LogP contribution in [0.25, 0.3) is 0 Å². The van der Waals surface area contributed by atoms with Crippen molar-refractivity contribution in [3.8, 4) is 0 Å². The maximum absolute atomic E-state index is 9.75. The number of aliphatic imine (C=N–C) groups is 1. The SMILES string of the molecule is OC[C@H]1N=Cc2ccccc2[C@@H]1O. The highest BCUT2D eigenvalue weighted by atomic mass is 16.3. The summed E-state index contributed by atoms with van der Waals surface area (Å²) >= 11 is 0. The number of hydrogen-bond donors (Lipinski definition) is 2. The first-order chi connectivity index (χ1) is 6.33. The number of aliphatic hydroxyl groups is 2. The molecule has 68 valence electrons. The van der Waals surface area contributed by atoms with Crippen molar-refractivity contribution in [2.24, 2.45) is 4.99 Å². The predicted molar refractivity (Wildman–Crippen MR) is 49.9 cm³/mol. The molecule has 0 fully saturated rings. The van der Waals surface area contributed by atoms with Crippen LogP contribution < -0.4 is 0 Å². The number of hydrogen-bond acceptors (Lipinski definition) is 3. The monoisotopic (exact) mass is 177 g/mol. The third kappa shape index (κ3) is 1.36. The van der Waals surface area contributed by atoms with Crippen molar-refractivity contribution >= 4 is 6.21 Å². The summed E-state index contributed by atoms with van der Waals surface area (Å²) in [5, 5.41) is 18.7. The summed E-state index contributed by atoms with van der Waals surface area (Å²) in [6, 6.07) is 7.12. The van der Waals surface area contributed by atoms with Crippen molar-refractivity contribution in [2.45, 2.75) is 12.1 Å². The summed E-state index contributed by atoms with van der Waals surface area (Å²) < 4.78 is 0. The molecule has 0 aromatic heterocycles. The normalized spacial score (nSPS) is 25.7. The predicted octanol–water partition coefficient (Wildman–Crippen LogP) is 0.513. The van der Waals surface area contributed by atoms with E-state index in [1.807, 2.05) is 24.3 Å². The van der Waals surface area contributed by atoms with Crippen LogP contribution in [0.2, 0.25) is 0 Å². The van der Waals surface area contributed by atoms with Crippen molar-refractivity contribution in [1.82, 2.24) is 0 Å². The summed E-state index contributed by atoms with van der Waals surface area (Å²) in [5.41, 5.74) is 1.77. The minimum atomic E-state index is -0.675. The standard InChI is InChI=1S/C10H11NO2/c12-6-9-10(13)8-4-2-1-3-7(8)5-11-9/h1-5,9-10,12-13H,6H2/t9-,10+/m1/s1. The molecule has 1 aromatic rings. The second kappa shape index (κ2) is 3.28. The molecule has 0 radical (unpaired) electrons. The van der Waals surface area contributed by atoms with Crippen LogP contribution in [-0.2, 0) is 0 Å². The van der Waals surface area contributed by atoms with Gasteiger partial charge in [-0.2, -0.15) is 0 Å². The Labute approximate surface area is 76.4 Å². The maximum atomic E-state index is 9.75. The molecule has 0 amide bonds. The van der Waals surface area contributed by atoms with Gasteiger partial charge in [-0.25, -0.2) is 0 Å². The average Bonchev–Trinajstić information content (AvgIpc) is 2.19. The Morgan fingerprint density at radius 3 is 2.85 bits per heavy atom. The zero-order valence-electron chi connectivity index (χ0n) is 7.09. The van der Waals surface area contributed by atoms with Crippen LogP contribution >= 0.6 is 0 Å². The molecule has 1 aromatic carbocycles. The van der Waals surface area contributed by atoms with Gasteiger partial charge in [0.1, 0.15) is 12.1 Å². The second-order valence-corrected chi connectivity index (χ2v) is 3.10. The van der Waals surface area contributed by atoms with E-state index in [0.717, 1.165) is 11.1 Å². The Morgan fingerprint density at radius 2 is 2.08 bits per heavy atom. The molecule has 1 aliphatic heterocycles. The molecule has 2 N–H and O–H groups in total. The Morgan fingerprint density at radius 1 is 1.31 bits per heavy atom. The van der Waals surface area contributed by atoms with E-state index < -0.39 is 12.1 Å². The third-order valence-electron chi connectivity index (χ3n) is 2.27. The molecule has 3 nitrogen and oxygen atoms in total. The number of benzene rings is 1. The highest BCUT2D eigenvalue weighted by Gasteiger charge is 2.23. The first kappa shape index (κ1) is 8.41. The van der Waals surface area contributed by atoms with Crippen molar-refractivity contribution in [3.05, 3.63) is 35.4 Å². The number of aliphatic hydroxyl groups excluding tert-OH is 2. The molecule has 0 spiro atoms. The van der Waals surface area contributed by atoms with E-state index in [2.05, 4.69) is 4.99 Å². The van der Waals surface area contributed by atoms with Crippen LogP contribution in [0.4, 0.5) is 0 Å². The zero-order chi connectivity index (χ0) is 9.26. The molecule has 13 heavy (non-hydrogen) atoms. The molecule has 0 saturated heterocycles. The number of rotatable bonds is 1. The van der Waals surface area contributed by atoms with Gasteiger partial charge in [0.2, 0.25) is 0 Å². The first-order valence-corrected chi connectivity index (χ1v) is 4.24. The van der Waals surface area contributed by atoms with Gasteiger partial charge < -0.3 is 10.2 Å². The molecule has 0 bridgehead atoms. The van der Waals surface area contributed by atoms with E-state index in [0.29, 0.717) is 0 Å². The van der Waals surface area contributed by atoms with Crippen molar-refractivity contribution < 1.29 is 10.2 Å². The Hall–Kier alpha value is -1.19. The molecule has 2 atom stereocenters. The quantitative estimate of drug-likeness (QED) is 0.656. The Balaban J connectivity index is 2.42. The Kier molecular flexibility index (Phi) is 2.12. The lowest BCUT2D eigenvalue weighted by Gasteiger charge is -2.23. The van der Waals surface area contributed by atoms with Crippen molar-refractivity contribution in [3.63, 3.8) is 0 Å². The average molecular weight is 177 g/mol. The van der Waals surface area contributed by atoms with Gasteiger partial charge in [0.15, 0.2) is 0 Å². The van der Waals surface area contributed by atoms with E-state index in [-0.39, 0.29) is 6.61 Å². The topological polar surface area (TPSA) is 52.8 Å². The minimum Gasteiger partial charge on any atom is -0.394 e. The summed E-state index contributed by atoms with van der Waals surface area (Å²) in [6.07, 6.45) is 1.02. The Bertz CT molecular complexity index is 335. The van der Waals surface area contributed by atoms with E-state index in [9.17, 15) is 5.11 Å². The van der Waals surface area contributed by atoms with Gasteiger partial charge in [-0.05, 0) is 11.1 Å². The lowest BCUT2D eigenvalue weighted by atomic mass is 9.96. The van der Waals surface area contributed by atoms with Crippen LogP contribution in [-0.4, -0.2) is 29.1 Å². The molecule has 0 aliphatic carbocycles. The zero-order valence-corrected chi connectivity index (χ0v) is 7.09. The fourth-order valence-corrected chi connectivity index (χ4v) is 1.51.